The van der Waals surface area contributed by atoms with Gasteiger partial charge in [0.25, 0.3) is 5.91 Å². The van der Waals surface area contributed by atoms with E-state index < -0.39 is 6.10 Å². The molecule has 0 bridgehead atoms. The summed E-state index contributed by atoms with van der Waals surface area (Å²) in [5.74, 6) is 1.81. The third-order valence-electron chi connectivity index (χ3n) is 8.85. The van der Waals surface area contributed by atoms with Crippen molar-refractivity contribution in [3.05, 3.63) is 142 Å². The maximum Gasteiger partial charge on any atom is 0.251 e. The minimum absolute atomic E-state index is 0.0790. The van der Waals surface area contributed by atoms with E-state index in [4.69, 9.17) is 9.47 Å². The molecule has 1 unspecified atom stereocenters. The number of aromatic nitrogens is 2. The van der Waals surface area contributed by atoms with Crippen molar-refractivity contribution < 1.29 is 24.2 Å². The van der Waals surface area contributed by atoms with Crippen molar-refractivity contribution in [1.29, 1.82) is 0 Å². The van der Waals surface area contributed by atoms with Gasteiger partial charge in [0, 0.05) is 54.4 Å². The lowest BCUT2D eigenvalue weighted by Crippen LogP contribution is -2.32. The highest BCUT2D eigenvalue weighted by molar-refractivity contribution is 5.94. The van der Waals surface area contributed by atoms with E-state index in [9.17, 15) is 14.7 Å². The van der Waals surface area contributed by atoms with Crippen LogP contribution in [0.4, 0.5) is 0 Å². The molecule has 10 heteroatoms. The lowest BCUT2D eigenvalue weighted by Gasteiger charge is -2.18. The van der Waals surface area contributed by atoms with Gasteiger partial charge in [0.05, 0.1) is 26.7 Å². The van der Waals surface area contributed by atoms with Gasteiger partial charge in [-0.15, -0.1) is 0 Å². The van der Waals surface area contributed by atoms with Crippen LogP contribution in [-0.2, 0) is 30.7 Å². The number of aryl methyl sites for hydroxylation is 2. The number of pyridine rings is 1. The number of ether oxygens (including phenoxy) is 2. The molecule has 266 valence electrons. The molecule has 10 nitrogen and oxygen atoms in total. The van der Waals surface area contributed by atoms with Gasteiger partial charge in [0.15, 0.2) is 11.5 Å². The summed E-state index contributed by atoms with van der Waals surface area (Å²) in [6, 6.07) is 28.9. The van der Waals surface area contributed by atoms with Gasteiger partial charge >= 0.3 is 0 Å². The Kier molecular flexibility index (Phi) is 12.6. The summed E-state index contributed by atoms with van der Waals surface area (Å²) in [5.41, 5.74) is 7.40. The number of carbonyl (C=O) groups excluding carboxylic acids is 2. The van der Waals surface area contributed by atoms with Gasteiger partial charge < -0.3 is 35.1 Å². The van der Waals surface area contributed by atoms with Crippen molar-refractivity contribution in [1.82, 2.24) is 25.5 Å². The van der Waals surface area contributed by atoms with Crippen LogP contribution in [0.1, 0.15) is 62.6 Å². The molecule has 2 aromatic heterocycles. The summed E-state index contributed by atoms with van der Waals surface area (Å²) in [6.07, 6.45) is 2.13. The summed E-state index contributed by atoms with van der Waals surface area (Å²) in [4.78, 5) is 29.9. The van der Waals surface area contributed by atoms with E-state index in [1.807, 2.05) is 74.5 Å². The Morgan fingerprint density at radius 1 is 0.765 bits per heavy atom. The fourth-order valence-electron chi connectivity index (χ4n) is 5.90. The van der Waals surface area contributed by atoms with E-state index in [1.165, 1.54) is 0 Å². The van der Waals surface area contributed by atoms with E-state index in [-0.39, 0.29) is 24.3 Å². The Morgan fingerprint density at radius 2 is 1.39 bits per heavy atom. The molecule has 4 N–H and O–H groups in total. The molecule has 0 spiro atoms. The summed E-state index contributed by atoms with van der Waals surface area (Å²) < 4.78 is 12.7. The van der Waals surface area contributed by atoms with Crippen molar-refractivity contribution in [2.24, 2.45) is 0 Å². The molecule has 2 heterocycles. The van der Waals surface area contributed by atoms with Crippen LogP contribution in [0.2, 0.25) is 0 Å². The minimum atomic E-state index is -0.666. The highest BCUT2D eigenvalue weighted by atomic mass is 16.5. The summed E-state index contributed by atoms with van der Waals surface area (Å²) in [6.45, 7) is 7.32. The normalized spacial score (nSPS) is 12.2. The fraction of sp³-hybridized carbons (Fsp3) is 0.293. The number of carbonyl (C=O) groups is 2. The van der Waals surface area contributed by atoms with Crippen LogP contribution in [0.5, 0.6) is 11.5 Å². The third kappa shape index (κ3) is 10.1. The topological polar surface area (TPSA) is 127 Å². The highest BCUT2D eigenvalue weighted by Crippen LogP contribution is 2.27. The zero-order valence-corrected chi connectivity index (χ0v) is 29.9. The van der Waals surface area contributed by atoms with E-state index >= 15 is 0 Å². The van der Waals surface area contributed by atoms with E-state index in [0.717, 1.165) is 51.4 Å². The summed E-state index contributed by atoms with van der Waals surface area (Å²) >= 11 is 0. The number of benzene rings is 3. The number of nitrogens with one attached hydrogen (secondary N) is 3. The van der Waals surface area contributed by atoms with Crippen LogP contribution in [0.15, 0.2) is 97.2 Å². The quantitative estimate of drug-likeness (QED) is 0.107. The van der Waals surface area contributed by atoms with Gasteiger partial charge in [-0.3, -0.25) is 9.59 Å². The monoisotopic (exact) mass is 689 g/mol. The first kappa shape index (κ1) is 36.8. The number of methoxy groups -OCH3 is 2. The molecule has 0 aliphatic rings. The molecule has 5 rings (SSSR count). The molecule has 0 radical (unpaired) electrons. The number of aliphatic hydroxyl groups is 1. The first-order valence-electron chi connectivity index (χ1n) is 17.1. The van der Waals surface area contributed by atoms with Crippen LogP contribution in [0, 0.1) is 13.8 Å². The molecule has 0 aliphatic carbocycles. The van der Waals surface area contributed by atoms with Crippen molar-refractivity contribution in [3.8, 4) is 17.3 Å². The van der Waals surface area contributed by atoms with Gasteiger partial charge in [-0.05, 0) is 91.9 Å². The summed E-state index contributed by atoms with van der Waals surface area (Å²) in [7, 11) is 3.15. The predicted octanol–water partition coefficient (Wildman–Crippen LogP) is 5.55. The summed E-state index contributed by atoms with van der Waals surface area (Å²) in [5, 5.41) is 20.1. The van der Waals surface area contributed by atoms with Gasteiger partial charge in [0.2, 0.25) is 5.91 Å². The number of amides is 2. The van der Waals surface area contributed by atoms with Gasteiger partial charge in [-0.2, -0.15) is 0 Å². The molecule has 5 aromatic rings. The molecule has 0 aliphatic heterocycles. The Morgan fingerprint density at radius 3 is 2.04 bits per heavy atom. The smallest absolute Gasteiger partial charge is 0.251 e. The molecular formula is C41H47N5O5. The first-order valence-corrected chi connectivity index (χ1v) is 17.1. The Hall–Kier alpha value is -5.45. The minimum Gasteiger partial charge on any atom is -0.493 e. The molecule has 0 fully saturated rings. The highest BCUT2D eigenvalue weighted by Gasteiger charge is 2.13. The van der Waals surface area contributed by atoms with Crippen LogP contribution in [0.3, 0.4) is 0 Å². The van der Waals surface area contributed by atoms with Gasteiger partial charge in [-0.25, -0.2) is 4.98 Å². The van der Waals surface area contributed by atoms with Gasteiger partial charge in [-0.1, -0.05) is 48.5 Å². The average molecular weight is 690 g/mol. The number of hydrogen-bond acceptors (Lipinski definition) is 7. The number of aliphatic hydroxyl groups excluding tert-OH is 1. The van der Waals surface area contributed by atoms with E-state index in [2.05, 4.69) is 44.6 Å². The lowest BCUT2D eigenvalue weighted by molar-refractivity contribution is -0.120. The van der Waals surface area contributed by atoms with Crippen LogP contribution >= 0.6 is 0 Å². The van der Waals surface area contributed by atoms with E-state index in [1.54, 1.807) is 38.6 Å². The third-order valence-corrected chi connectivity index (χ3v) is 8.85. The predicted molar refractivity (Wildman–Crippen MR) is 198 cm³/mol. The Bertz CT molecular complexity index is 1880. The number of nitrogens with zero attached hydrogens (tertiary/aromatic N) is 2. The lowest BCUT2D eigenvalue weighted by atomic mass is 10.0. The van der Waals surface area contributed by atoms with Crippen molar-refractivity contribution >= 4 is 11.8 Å². The maximum atomic E-state index is 12.7. The zero-order chi connectivity index (χ0) is 36.3. The molecule has 2 amide bonds. The maximum absolute atomic E-state index is 12.7. The number of hydrogen-bond donors (Lipinski definition) is 4. The second-order valence-electron chi connectivity index (χ2n) is 12.8. The fourth-order valence-corrected chi connectivity index (χ4v) is 5.90. The van der Waals surface area contributed by atoms with Crippen molar-refractivity contribution in [3.63, 3.8) is 0 Å². The number of rotatable bonds is 16. The molecule has 3 aromatic carbocycles. The zero-order valence-electron chi connectivity index (χ0n) is 29.9. The van der Waals surface area contributed by atoms with E-state index in [0.29, 0.717) is 36.7 Å². The van der Waals surface area contributed by atoms with Crippen molar-refractivity contribution in [2.45, 2.75) is 58.8 Å². The SMILES string of the molecule is COc1ccc(CNC(=O)c2ccc(CNC(=O)Cc3ccc(CC(C)NC[C@@H](O)c4ccc(-n5c(C)ccc5C)nc4)cc3)cc2)cc1OC. The largest absolute Gasteiger partial charge is 0.493 e. The molecule has 2 atom stereocenters. The van der Waals surface area contributed by atoms with Gasteiger partial charge in [0.1, 0.15) is 5.82 Å². The Labute approximate surface area is 299 Å². The van der Waals surface area contributed by atoms with Crippen LogP contribution < -0.4 is 25.4 Å². The van der Waals surface area contributed by atoms with Crippen molar-refractivity contribution in [2.75, 3.05) is 20.8 Å². The molecule has 0 saturated carbocycles. The van der Waals surface area contributed by atoms with Crippen LogP contribution in [-0.4, -0.2) is 53.3 Å². The molecule has 0 saturated heterocycles. The average Bonchev–Trinajstić information content (AvgIpc) is 3.49. The Balaban J connectivity index is 1.01. The molecular weight excluding hydrogens is 642 g/mol. The molecule has 51 heavy (non-hydrogen) atoms. The first-order chi connectivity index (χ1) is 24.6. The second-order valence-corrected chi connectivity index (χ2v) is 12.8. The second kappa shape index (κ2) is 17.5. The van der Waals surface area contributed by atoms with Crippen LogP contribution in [0.25, 0.3) is 5.82 Å². The standard InChI is InChI=1S/C41H47N5O5/c1-27(42-26-36(47)35-17-19-39(43-25-35)46-28(2)6-7-29(46)3)20-30-8-10-31(11-9-30)22-40(48)44-23-32-12-15-34(16-13-32)41(49)45-24-33-14-18-37(50-4)38(21-33)51-5/h6-19,21,25,27,36,42,47H,20,22-24,26H2,1-5H3,(H,44,48)(H,45,49)/t27?,36-/m1/s1.